The Bertz CT molecular complexity index is 604. The number of amides is 1. The number of carbonyl (C=O) groups is 2. The minimum Gasteiger partial charge on any atom is -0.443 e. The minimum absolute atomic E-state index is 0.0231. The zero-order valence-corrected chi connectivity index (χ0v) is 9.50. The van der Waals surface area contributed by atoms with Crippen molar-refractivity contribution in [2.75, 3.05) is 11.4 Å². The Kier molecular flexibility index (Phi) is 2.44. The number of nitrogens with zero attached hydrogens (tertiary/aromatic N) is 2. The SMILES string of the molecule is O=C1CC(=O)N(c2ccccc2-c2cnco2)C1. The summed E-state index contributed by atoms with van der Waals surface area (Å²) in [5.41, 5.74) is 1.45. The van der Waals surface area contributed by atoms with Crippen molar-refractivity contribution in [2.45, 2.75) is 6.42 Å². The zero-order valence-electron chi connectivity index (χ0n) is 9.50. The van der Waals surface area contributed by atoms with Crippen LogP contribution in [0.1, 0.15) is 6.42 Å². The van der Waals surface area contributed by atoms with E-state index in [9.17, 15) is 9.59 Å². The molecule has 90 valence electrons. The van der Waals surface area contributed by atoms with Crippen LogP contribution in [0.4, 0.5) is 5.69 Å². The van der Waals surface area contributed by atoms with Crippen molar-refractivity contribution in [3.8, 4) is 11.3 Å². The maximum Gasteiger partial charge on any atom is 0.234 e. The van der Waals surface area contributed by atoms with Crippen LogP contribution in [-0.2, 0) is 9.59 Å². The van der Waals surface area contributed by atoms with E-state index in [0.717, 1.165) is 5.56 Å². The predicted molar refractivity (Wildman–Crippen MR) is 63.9 cm³/mol. The summed E-state index contributed by atoms with van der Waals surface area (Å²) in [6.45, 7) is 0.129. The molecule has 0 atom stereocenters. The molecule has 0 saturated carbocycles. The molecule has 0 radical (unpaired) electrons. The van der Waals surface area contributed by atoms with Crippen LogP contribution in [0.25, 0.3) is 11.3 Å². The summed E-state index contributed by atoms with van der Waals surface area (Å²) in [6.07, 6.45) is 2.90. The molecule has 5 heteroatoms. The van der Waals surface area contributed by atoms with E-state index >= 15 is 0 Å². The standard InChI is InChI=1S/C13H10N2O3/c16-9-5-13(17)15(7-9)11-4-2-1-3-10(11)12-6-14-8-18-12/h1-4,6,8H,5,7H2. The predicted octanol–water partition coefficient (Wildman–Crippen LogP) is 1.65. The van der Waals surface area contributed by atoms with E-state index in [2.05, 4.69) is 4.98 Å². The van der Waals surface area contributed by atoms with E-state index in [1.807, 2.05) is 18.2 Å². The molecule has 1 saturated heterocycles. The van der Waals surface area contributed by atoms with E-state index in [1.165, 1.54) is 11.3 Å². The molecule has 0 aliphatic carbocycles. The average Bonchev–Trinajstić information content (AvgIpc) is 2.99. The summed E-state index contributed by atoms with van der Waals surface area (Å²) in [5.74, 6) is 0.345. The third kappa shape index (κ3) is 1.69. The molecule has 5 nitrogen and oxygen atoms in total. The number of anilines is 1. The Morgan fingerprint density at radius 3 is 2.72 bits per heavy atom. The van der Waals surface area contributed by atoms with E-state index < -0.39 is 0 Å². The van der Waals surface area contributed by atoms with E-state index in [1.54, 1.807) is 12.3 Å². The lowest BCUT2D eigenvalue weighted by Crippen LogP contribution is -2.25. The Morgan fingerprint density at radius 1 is 1.22 bits per heavy atom. The first-order valence-electron chi connectivity index (χ1n) is 5.55. The average molecular weight is 242 g/mol. The molecule has 1 amide bonds. The Labute approximate surface area is 103 Å². The van der Waals surface area contributed by atoms with Gasteiger partial charge in [0.2, 0.25) is 5.91 Å². The second-order valence-electron chi connectivity index (χ2n) is 4.08. The van der Waals surface area contributed by atoms with Crippen LogP contribution in [0.15, 0.2) is 41.3 Å². The van der Waals surface area contributed by atoms with Gasteiger partial charge in [0.25, 0.3) is 0 Å². The number of oxazole rings is 1. The second-order valence-corrected chi connectivity index (χ2v) is 4.08. The molecule has 3 rings (SSSR count). The number of rotatable bonds is 2. The van der Waals surface area contributed by atoms with Crippen LogP contribution in [-0.4, -0.2) is 23.2 Å². The summed E-state index contributed by atoms with van der Waals surface area (Å²) < 4.78 is 5.25. The van der Waals surface area contributed by atoms with Crippen LogP contribution in [0.5, 0.6) is 0 Å². The van der Waals surface area contributed by atoms with Crippen LogP contribution in [0, 0.1) is 0 Å². The summed E-state index contributed by atoms with van der Waals surface area (Å²) in [7, 11) is 0. The summed E-state index contributed by atoms with van der Waals surface area (Å²) in [5, 5.41) is 0. The van der Waals surface area contributed by atoms with Gasteiger partial charge in [-0.2, -0.15) is 0 Å². The Hall–Kier alpha value is -2.43. The van der Waals surface area contributed by atoms with Gasteiger partial charge in [-0.3, -0.25) is 9.59 Å². The van der Waals surface area contributed by atoms with Crippen LogP contribution in [0.3, 0.4) is 0 Å². The third-order valence-corrected chi connectivity index (χ3v) is 2.88. The van der Waals surface area contributed by atoms with Gasteiger partial charge in [-0.15, -0.1) is 0 Å². The monoisotopic (exact) mass is 242 g/mol. The van der Waals surface area contributed by atoms with Gasteiger partial charge in [-0.05, 0) is 12.1 Å². The molecular weight excluding hydrogens is 232 g/mol. The van der Waals surface area contributed by atoms with Gasteiger partial charge < -0.3 is 9.32 Å². The van der Waals surface area contributed by atoms with Gasteiger partial charge in [-0.1, -0.05) is 12.1 Å². The number of hydrogen-bond acceptors (Lipinski definition) is 4. The van der Waals surface area contributed by atoms with Crippen LogP contribution >= 0.6 is 0 Å². The van der Waals surface area contributed by atoms with Gasteiger partial charge in [0, 0.05) is 5.56 Å². The number of para-hydroxylation sites is 1. The van der Waals surface area contributed by atoms with Crippen LogP contribution in [0.2, 0.25) is 0 Å². The summed E-state index contributed by atoms with van der Waals surface area (Å²) in [4.78, 5) is 28.5. The van der Waals surface area contributed by atoms with Crippen molar-refractivity contribution in [3.63, 3.8) is 0 Å². The lowest BCUT2D eigenvalue weighted by atomic mass is 10.1. The largest absolute Gasteiger partial charge is 0.443 e. The van der Waals surface area contributed by atoms with Crippen molar-refractivity contribution in [1.29, 1.82) is 0 Å². The van der Waals surface area contributed by atoms with Gasteiger partial charge in [0.1, 0.15) is 0 Å². The number of ketones is 1. The second kappa shape index (κ2) is 4.10. The fourth-order valence-corrected chi connectivity index (χ4v) is 2.07. The van der Waals surface area contributed by atoms with E-state index in [4.69, 9.17) is 4.42 Å². The van der Waals surface area contributed by atoms with Crippen molar-refractivity contribution >= 4 is 17.4 Å². The first kappa shape index (κ1) is 10.7. The molecule has 1 aliphatic rings. The quantitative estimate of drug-likeness (QED) is 0.751. The summed E-state index contributed by atoms with van der Waals surface area (Å²) >= 11 is 0. The van der Waals surface area contributed by atoms with Crippen LogP contribution < -0.4 is 4.90 Å². The fraction of sp³-hybridized carbons (Fsp3) is 0.154. The summed E-state index contributed by atoms with van der Waals surface area (Å²) in [6, 6.07) is 7.31. The molecule has 0 bridgehead atoms. The highest BCUT2D eigenvalue weighted by Gasteiger charge is 2.30. The zero-order chi connectivity index (χ0) is 12.5. The first-order valence-corrected chi connectivity index (χ1v) is 5.55. The molecule has 2 aromatic rings. The fourth-order valence-electron chi connectivity index (χ4n) is 2.07. The number of aromatic nitrogens is 1. The first-order chi connectivity index (χ1) is 8.75. The van der Waals surface area contributed by atoms with Crippen molar-refractivity contribution in [1.82, 2.24) is 4.98 Å². The topological polar surface area (TPSA) is 63.4 Å². The van der Waals surface area contributed by atoms with Crippen molar-refractivity contribution in [2.24, 2.45) is 0 Å². The molecule has 1 aliphatic heterocycles. The molecule has 18 heavy (non-hydrogen) atoms. The molecule has 1 fully saturated rings. The molecule has 1 aromatic carbocycles. The number of carbonyl (C=O) groups excluding carboxylic acids is 2. The van der Waals surface area contributed by atoms with Gasteiger partial charge in [0.05, 0.1) is 24.8 Å². The lowest BCUT2D eigenvalue weighted by molar-refractivity contribution is -0.121. The highest BCUT2D eigenvalue weighted by molar-refractivity contribution is 6.16. The smallest absolute Gasteiger partial charge is 0.234 e. The Morgan fingerprint density at radius 2 is 2.06 bits per heavy atom. The number of benzene rings is 1. The minimum atomic E-state index is -0.174. The molecule has 0 unspecified atom stereocenters. The number of hydrogen-bond donors (Lipinski definition) is 0. The van der Waals surface area contributed by atoms with E-state index in [0.29, 0.717) is 11.4 Å². The molecule has 1 aromatic heterocycles. The van der Waals surface area contributed by atoms with Crippen molar-refractivity contribution in [3.05, 3.63) is 36.9 Å². The molecular formula is C13H10N2O3. The Balaban J connectivity index is 2.08. The molecule has 0 N–H and O–H groups in total. The third-order valence-electron chi connectivity index (χ3n) is 2.88. The van der Waals surface area contributed by atoms with Crippen molar-refractivity contribution < 1.29 is 14.0 Å². The van der Waals surface area contributed by atoms with Gasteiger partial charge in [0.15, 0.2) is 17.9 Å². The maximum atomic E-state index is 11.8. The molecule has 2 heterocycles. The molecule has 0 spiro atoms. The lowest BCUT2D eigenvalue weighted by Gasteiger charge is -2.17. The highest BCUT2D eigenvalue weighted by atomic mass is 16.3. The normalized spacial score (nSPS) is 15.4. The van der Waals surface area contributed by atoms with E-state index in [-0.39, 0.29) is 24.7 Å². The van der Waals surface area contributed by atoms with Gasteiger partial charge in [-0.25, -0.2) is 4.98 Å². The number of Topliss-reactive ketones (excluding diaryl/α,β-unsaturated/α-hetero) is 1. The van der Waals surface area contributed by atoms with Gasteiger partial charge >= 0.3 is 0 Å². The highest BCUT2D eigenvalue weighted by Crippen LogP contribution is 2.32. The maximum absolute atomic E-state index is 11.8.